The molecule has 0 spiro atoms. The van der Waals surface area contributed by atoms with E-state index in [2.05, 4.69) is 0 Å². The van der Waals surface area contributed by atoms with Gasteiger partial charge in [0.05, 0.1) is 0 Å². The smallest absolute Gasteiger partial charge is 0.333 e. The zero-order valence-corrected chi connectivity index (χ0v) is 12.6. The number of carboxylic acid groups (broad SMARTS) is 1. The molecule has 0 amide bonds. The molecule has 0 saturated heterocycles. The monoisotopic (exact) mass is 300 g/mol. The molecule has 22 heavy (non-hydrogen) atoms. The lowest BCUT2D eigenvalue weighted by Gasteiger charge is -2.13. The summed E-state index contributed by atoms with van der Waals surface area (Å²) in [7, 11) is 0. The van der Waals surface area contributed by atoms with Gasteiger partial charge in [-0.15, -0.1) is 0 Å². The van der Waals surface area contributed by atoms with E-state index in [0.717, 1.165) is 23.5 Å². The van der Waals surface area contributed by atoms with Crippen molar-refractivity contribution >= 4 is 5.97 Å². The van der Waals surface area contributed by atoms with Crippen molar-refractivity contribution in [3.63, 3.8) is 0 Å². The minimum atomic E-state index is -0.932. The third-order valence-electron chi connectivity index (χ3n) is 3.12. The minimum absolute atomic E-state index is 0.348. The van der Waals surface area contributed by atoms with Gasteiger partial charge in [0, 0.05) is 13.0 Å². The maximum Gasteiger partial charge on any atom is 0.333 e. The van der Waals surface area contributed by atoms with Gasteiger partial charge in [-0.25, -0.2) is 4.79 Å². The summed E-state index contributed by atoms with van der Waals surface area (Å²) in [6, 6.07) is 16.9. The van der Waals surface area contributed by atoms with Crippen LogP contribution >= 0.6 is 0 Å². The Kier molecular flexibility index (Phi) is 5.98. The topological polar surface area (TPSA) is 55.8 Å². The molecule has 0 radical (unpaired) electrons. The van der Waals surface area contributed by atoms with E-state index < -0.39 is 12.1 Å². The minimum Gasteiger partial charge on any atom is -0.479 e. The number of hydrogen-bond acceptors (Lipinski definition) is 3. The van der Waals surface area contributed by atoms with Crippen molar-refractivity contribution < 1.29 is 19.4 Å². The van der Waals surface area contributed by atoms with Crippen molar-refractivity contribution in [2.75, 3.05) is 6.61 Å². The van der Waals surface area contributed by atoms with Crippen LogP contribution in [0.5, 0.6) is 11.5 Å². The summed E-state index contributed by atoms with van der Waals surface area (Å²) in [6.45, 7) is 2.40. The summed E-state index contributed by atoms with van der Waals surface area (Å²) in [5.74, 6) is 0.555. The van der Waals surface area contributed by atoms with Crippen molar-refractivity contribution in [2.45, 2.75) is 25.9 Å². The van der Waals surface area contributed by atoms with Gasteiger partial charge in [0.25, 0.3) is 0 Å². The molecule has 0 aromatic heterocycles. The van der Waals surface area contributed by atoms with E-state index in [9.17, 15) is 4.79 Å². The Morgan fingerprint density at radius 1 is 1.05 bits per heavy atom. The Labute approximate surface area is 130 Å². The standard InChI is InChI=1S/C18H20O4/c1-2-12-21-17(18(19)20)13-14-8-10-16(11-9-14)22-15-6-4-3-5-7-15/h3-11,17H,2,12-13H2,1H3,(H,19,20)/t17-/m1/s1. The van der Waals surface area contributed by atoms with Crippen molar-refractivity contribution in [1.29, 1.82) is 0 Å². The number of carboxylic acids is 1. The molecule has 2 aromatic carbocycles. The first kappa shape index (κ1) is 16.0. The van der Waals surface area contributed by atoms with Gasteiger partial charge in [0.15, 0.2) is 6.10 Å². The van der Waals surface area contributed by atoms with Crippen LogP contribution in [0, 0.1) is 0 Å². The van der Waals surface area contributed by atoms with Gasteiger partial charge in [-0.05, 0) is 36.2 Å². The van der Waals surface area contributed by atoms with E-state index in [4.69, 9.17) is 14.6 Å². The first-order valence-corrected chi connectivity index (χ1v) is 7.35. The lowest BCUT2D eigenvalue weighted by molar-refractivity contribution is -0.150. The Hall–Kier alpha value is -2.33. The molecule has 0 heterocycles. The van der Waals surface area contributed by atoms with Crippen LogP contribution in [0.1, 0.15) is 18.9 Å². The molecule has 4 heteroatoms. The molecule has 1 atom stereocenters. The number of benzene rings is 2. The van der Waals surface area contributed by atoms with Crippen LogP contribution in [0.15, 0.2) is 54.6 Å². The van der Waals surface area contributed by atoms with Crippen LogP contribution in [0.2, 0.25) is 0 Å². The number of para-hydroxylation sites is 1. The molecular formula is C18H20O4. The van der Waals surface area contributed by atoms with Crippen molar-refractivity contribution in [3.8, 4) is 11.5 Å². The van der Waals surface area contributed by atoms with Crippen LogP contribution < -0.4 is 4.74 Å². The number of aliphatic carboxylic acids is 1. The zero-order chi connectivity index (χ0) is 15.8. The van der Waals surface area contributed by atoms with E-state index in [0.29, 0.717) is 13.0 Å². The average Bonchev–Trinajstić information content (AvgIpc) is 2.54. The van der Waals surface area contributed by atoms with Gasteiger partial charge >= 0.3 is 5.97 Å². The van der Waals surface area contributed by atoms with E-state index >= 15 is 0 Å². The van der Waals surface area contributed by atoms with E-state index in [1.165, 1.54) is 0 Å². The highest BCUT2D eigenvalue weighted by molar-refractivity contribution is 5.72. The fraction of sp³-hybridized carbons (Fsp3) is 0.278. The summed E-state index contributed by atoms with van der Waals surface area (Å²) < 4.78 is 11.1. The van der Waals surface area contributed by atoms with Gasteiger partial charge in [0.2, 0.25) is 0 Å². The molecule has 2 aromatic rings. The second-order valence-corrected chi connectivity index (χ2v) is 4.96. The van der Waals surface area contributed by atoms with Crippen molar-refractivity contribution in [2.24, 2.45) is 0 Å². The van der Waals surface area contributed by atoms with Gasteiger partial charge in [-0.3, -0.25) is 0 Å². The molecule has 0 aliphatic rings. The fourth-order valence-corrected chi connectivity index (χ4v) is 2.01. The highest BCUT2D eigenvalue weighted by Gasteiger charge is 2.18. The first-order valence-electron chi connectivity index (χ1n) is 7.35. The Bertz CT molecular complexity index is 578. The van der Waals surface area contributed by atoms with Crippen molar-refractivity contribution in [1.82, 2.24) is 0 Å². The second-order valence-electron chi connectivity index (χ2n) is 4.96. The summed E-state index contributed by atoms with van der Waals surface area (Å²) in [5.41, 5.74) is 0.906. The van der Waals surface area contributed by atoms with E-state index in [1.807, 2.05) is 61.5 Å². The average molecular weight is 300 g/mol. The summed E-state index contributed by atoms with van der Waals surface area (Å²) in [4.78, 5) is 11.2. The molecule has 1 N–H and O–H groups in total. The van der Waals surface area contributed by atoms with Crippen LogP contribution in [0.25, 0.3) is 0 Å². The maximum absolute atomic E-state index is 11.2. The summed E-state index contributed by atoms with van der Waals surface area (Å²) in [6.07, 6.45) is 0.343. The highest BCUT2D eigenvalue weighted by Crippen LogP contribution is 2.21. The molecule has 0 unspecified atom stereocenters. The van der Waals surface area contributed by atoms with Gasteiger partial charge < -0.3 is 14.6 Å². The maximum atomic E-state index is 11.2. The number of carbonyl (C=O) groups is 1. The fourth-order valence-electron chi connectivity index (χ4n) is 2.01. The summed E-state index contributed by atoms with van der Waals surface area (Å²) >= 11 is 0. The zero-order valence-electron chi connectivity index (χ0n) is 12.6. The van der Waals surface area contributed by atoms with Crippen LogP contribution in [0.4, 0.5) is 0 Å². The third kappa shape index (κ3) is 4.90. The third-order valence-corrected chi connectivity index (χ3v) is 3.12. The molecule has 0 aliphatic heterocycles. The van der Waals surface area contributed by atoms with Crippen molar-refractivity contribution in [3.05, 3.63) is 60.2 Å². The highest BCUT2D eigenvalue weighted by atomic mass is 16.5. The quantitative estimate of drug-likeness (QED) is 0.803. The lowest BCUT2D eigenvalue weighted by Crippen LogP contribution is -2.26. The second kappa shape index (κ2) is 8.20. The molecule has 0 saturated carbocycles. The number of ether oxygens (including phenoxy) is 2. The van der Waals surface area contributed by atoms with Crippen LogP contribution in [-0.4, -0.2) is 23.8 Å². The predicted molar refractivity (Wildman–Crippen MR) is 84.3 cm³/mol. The summed E-state index contributed by atoms with van der Waals surface area (Å²) in [5, 5.41) is 9.16. The van der Waals surface area contributed by atoms with Crippen LogP contribution in [-0.2, 0) is 16.0 Å². The van der Waals surface area contributed by atoms with Crippen LogP contribution in [0.3, 0.4) is 0 Å². The molecule has 116 valence electrons. The molecule has 0 aliphatic carbocycles. The molecule has 4 nitrogen and oxygen atoms in total. The molecule has 0 fully saturated rings. The number of rotatable bonds is 8. The van der Waals surface area contributed by atoms with Gasteiger partial charge in [0.1, 0.15) is 11.5 Å². The van der Waals surface area contributed by atoms with E-state index in [-0.39, 0.29) is 0 Å². The Morgan fingerprint density at radius 3 is 2.27 bits per heavy atom. The lowest BCUT2D eigenvalue weighted by atomic mass is 10.1. The first-order chi connectivity index (χ1) is 10.7. The molecular weight excluding hydrogens is 280 g/mol. The molecule has 2 rings (SSSR count). The normalized spacial score (nSPS) is 11.9. The molecule has 0 bridgehead atoms. The Balaban J connectivity index is 1.97. The van der Waals surface area contributed by atoms with Gasteiger partial charge in [-0.2, -0.15) is 0 Å². The van der Waals surface area contributed by atoms with E-state index in [1.54, 1.807) is 0 Å². The largest absolute Gasteiger partial charge is 0.479 e. The predicted octanol–water partition coefficient (Wildman–Crippen LogP) is 3.90. The van der Waals surface area contributed by atoms with Gasteiger partial charge in [-0.1, -0.05) is 37.3 Å². The number of hydrogen-bond donors (Lipinski definition) is 1. The SMILES string of the molecule is CCCO[C@H](Cc1ccc(Oc2ccccc2)cc1)C(=O)O. The Morgan fingerprint density at radius 2 is 1.68 bits per heavy atom.